The molecule has 3 heterocycles. The average Bonchev–Trinajstić information content (AvgIpc) is 3.06. The van der Waals surface area contributed by atoms with Gasteiger partial charge in [0, 0.05) is 36.6 Å². The summed E-state index contributed by atoms with van der Waals surface area (Å²) in [6.45, 7) is 6.64. The van der Waals surface area contributed by atoms with Crippen LogP contribution >= 0.6 is 0 Å². The Bertz CT molecular complexity index is 769. The molecule has 0 amide bonds. The van der Waals surface area contributed by atoms with Gasteiger partial charge in [-0.3, -0.25) is 4.90 Å². The molecule has 0 unspecified atom stereocenters. The van der Waals surface area contributed by atoms with Crippen LogP contribution in [0.4, 0.5) is 4.39 Å². The molecule has 2 aliphatic rings. The van der Waals surface area contributed by atoms with E-state index in [-0.39, 0.29) is 5.82 Å². The number of benzene rings is 1. The third kappa shape index (κ3) is 2.92. The van der Waals surface area contributed by atoms with Gasteiger partial charge in [0.25, 0.3) is 0 Å². The normalized spacial score (nSPS) is 29.1. The molecule has 1 aromatic heterocycles. The minimum Gasteiger partial charge on any atom is -0.385 e. The van der Waals surface area contributed by atoms with E-state index in [0.717, 1.165) is 30.6 Å². The predicted molar refractivity (Wildman–Crippen MR) is 95.2 cm³/mol. The smallest absolute Gasteiger partial charge is 0.123 e. The molecule has 2 bridgehead atoms. The molecule has 0 spiro atoms. The van der Waals surface area contributed by atoms with E-state index in [1.54, 1.807) is 23.0 Å². The van der Waals surface area contributed by atoms with Crippen molar-refractivity contribution in [2.24, 2.45) is 0 Å². The molecule has 132 valence electrons. The van der Waals surface area contributed by atoms with Crippen LogP contribution in [0.15, 0.2) is 37.0 Å². The zero-order valence-corrected chi connectivity index (χ0v) is 14.5. The van der Waals surface area contributed by atoms with E-state index in [1.165, 1.54) is 17.7 Å². The largest absolute Gasteiger partial charge is 0.385 e. The van der Waals surface area contributed by atoms with Crippen LogP contribution in [0.1, 0.15) is 42.5 Å². The molecule has 25 heavy (non-hydrogen) atoms. The first kappa shape index (κ1) is 16.5. The van der Waals surface area contributed by atoms with Gasteiger partial charge >= 0.3 is 0 Å². The average molecular weight is 341 g/mol. The highest BCUT2D eigenvalue weighted by atomic mass is 19.1. The minimum atomic E-state index is -0.851. The highest BCUT2D eigenvalue weighted by Gasteiger charge is 2.48. The third-order valence-corrected chi connectivity index (χ3v) is 5.86. The molecular weight excluding hydrogens is 317 g/mol. The summed E-state index contributed by atoms with van der Waals surface area (Å²) in [6.07, 6.45) is 7.33. The van der Waals surface area contributed by atoms with E-state index in [4.69, 9.17) is 0 Å². The van der Waals surface area contributed by atoms with E-state index < -0.39 is 5.60 Å². The fourth-order valence-electron chi connectivity index (χ4n) is 4.53. The van der Waals surface area contributed by atoms with Gasteiger partial charge in [-0.2, -0.15) is 5.10 Å². The van der Waals surface area contributed by atoms with Crippen molar-refractivity contribution >= 4 is 6.20 Å². The van der Waals surface area contributed by atoms with Crippen LogP contribution in [0.2, 0.25) is 0 Å². The predicted octanol–water partition coefficient (Wildman–Crippen LogP) is 3.45. The molecule has 1 aromatic carbocycles. The molecule has 4 nitrogen and oxygen atoms in total. The molecule has 5 heteroatoms. The summed E-state index contributed by atoms with van der Waals surface area (Å²) in [5, 5.41) is 15.7. The molecule has 4 rings (SSSR count). The molecular formula is C20H24FN3O. The summed E-state index contributed by atoms with van der Waals surface area (Å²) in [5.41, 5.74) is 2.22. The van der Waals surface area contributed by atoms with Crippen LogP contribution in [0.5, 0.6) is 0 Å². The number of halogens is 1. The van der Waals surface area contributed by atoms with Crippen LogP contribution in [0, 0.1) is 12.7 Å². The lowest BCUT2D eigenvalue weighted by Crippen LogP contribution is -2.49. The van der Waals surface area contributed by atoms with Crippen molar-refractivity contribution in [1.29, 1.82) is 0 Å². The Morgan fingerprint density at radius 3 is 2.48 bits per heavy atom. The molecule has 1 N–H and O–H groups in total. The second kappa shape index (κ2) is 6.07. The number of nitrogens with zero attached hydrogens (tertiary/aromatic N) is 3. The molecule has 2 aliphatic heterocycles. The number of hydrogen-bond acceptors (Lipinski definition) is 3. The Hall–Kier alpha value is -1.98. The number of aromatic nitrogens is 2. The fraction of sp³-hybridized carbons (Fsp3) is 0.450. The standard InChI is InChI=1S/C20H24FN3O/c1-3-23-12-15(14(2)22-23)13-24-18-8-9-19(24)11-20(25,10-18)16-4-6-17(21)7-5-16/h3-7,12,18-19,25H,1,8-11,13H2,2H3/t18-,19-/m0/s1. The molecule has 0 saturated carbocycles. The maximum atomic E-state index is 13.2. The summed E-state index contributed by atoms with van der Waals surface area (Å²) in [6, 6.07) is 7.02. The number of fused-ring (bicyclic) bond motifs is 2. The Balaban J connectivity index is 1.54. The van der Waals surface area contributed by atoms with E-state index in [2.05, 4.69) is 16.6 Å². The summed E-state index contributed by atoms with van der Waals surface area (Å²) in [4.78, 5) is 2.51. The van der Waals surface area contributed by atoms with Gasteiger partial charge in [-0.15, -0.1) is 0 Å². The first-order chi connectivity index (χ1) is 12.0. The topological polar surface area (TPSA) is 41.3 Å². The maximum Gasteiger partial charge on any atom is 0.123 e. The number of aryl methyl sites for hydroxylation is 1. The van der Waals surface area contributed by atoms with Crippen LogP contribution in [0.25, 0.3) is 6.20 Å². The zero-order valence-electron chi connectivity index (χ0n) is 14.5. The minimum absolute atomic E-state index is 0.262. The Labute approximate surface area is 147 Å². The Morgan fingerprint density at radius 1 is 1.28 bits per heavy atom. The summed E-state index contributed by atoms with van der Waals surface area (Å²) < 4.78 is 15.0. The van der Waals surface area contributed by atoms with Gasteiger partial charge in [0.15, 0.2) is 0 Å². The third-order valence-electron chi connectivity index (χ3n) is 5.86. The van der Waals surface area contributed by atoms with Crippen molar-refractivity contribution in [1.82, 2.24) is 14.7 Å². The van der Waals surface area contributed by atoms with Gasteiger partial charge in [-0.05, 0) is 50.3 Å². The fourth-order valence-corrected chi connectivity index (χ4v) is 4.53. The number of hydrogen-bond donors (Lipinski definition) is 1. The van der Waals surface area contributed by atoms with Gasteiger partial charge in [0.05, 0.1) is 11.3 Å². The van der Waals surface area contributed by atoms with Crippen molar-refractivity contribution in [3.8, 4) is 0 Å². The maximum absolute atomic E-state index is 13.2. The van der Waals surface area contributed by atoms with Crippen molar-refractivity contribution in [3.63, 3.8) is 0 Å². The van der Waals surface area contributed by atoms with Crippen molar-refractivity contribution in [3.05, 3.63) is 59.7 Å². The molecule has 2 atom stereocenters. The van der Waals surface area contributed by atoms with Crippen LogP contribution < -0.4 is 0 Å². The van der Waals surface area contributed by atoms with Gasteiger partial charge in [-0.25, -0.2) is 9.07 Å². The summed E-state index contributed by atoms with van der Waals surface area (Å²) >= 11 is 0. The summed E-state index contributed by atoms with van der Waals surface area (Å²) in [5.74, 6) is -0.262. The zero-order chi connectivity index (χ0) is 17.6. The van der Waals surface area contributed by atoms with E-state index in [9.17, 15) is 9.50 Å². The Morgan fingerprint density at radius 2 is 1.92 bits per heavy atom. The molecule has 0 aliphatic carbocycles. The second-order valence-corrected chi connectivity index (χ2v) is 7.41. The lowest BCUT2D eigenvalue weighted by Gasteiger charge is -2.44. The molecule has 2 aromatic rings. The SMILES string of the molecule is C=Cn1cc(CN2[C@H]3CC[C@H]2CC(O)(c2ccc(F)cc2)C3)c(C)n1. The van der Waals surface area contributed by atoms with Gasteiger partial charge in [0.2, 0.25) is 0 Å². The van der Waals surface area contributed by atoms with Crippen molar-refractivity contribution in [2.75, 3.05) is 0 Å². The molecule has 0 radical (unpaired) electrons. The van der Waals surface area contributed by atoms with Crippen LogP contribution in [0.3, 0.4) is 0 Å². The first-order valence-corrected chi connectivity index (χ1v) is 8.90. The lowest BCUT2D eigenvalue weighted by atomic mass is 9.80. The quantitative estimate of drug-likeness (QED) is 0.926. The van der Waals surface area contributed by atoms with Gasteiger partial charge in [-0.1, -0.05) is 18.7 Å². The monoisotopic (exact) mass is 341 g/mol. The number of piperidine rings is 1. The second-order valence-electron chi connectivity index (χ2n) is 7.41. The van der Waals surface area contributed by atoms with E-state index >= 15 is 0 Å². The van der Waals surface area contributed by atoms with E-state index in [0.29, 0.717) is 24.9 Å². The Kier molecular flexibility index (Phi) is 4.01. The molecule has 2 saturated heterocycles. The highest BCUT2D eigenvalue weighted by Crippen LogP contribution is 2.46. The van der Waals surface area contributed by atoms with Gasteiger partial charge in [0.1, 0.15) is 5.82 Å². The number of rotatable bonds is 4. The van der Waals surface area contributed by atoms with Crippen LogP contribution in [-0.2, 0) is 12.1 Å². The first-order valence-electron chi connectivity index (χ1n) is 8.90. The number of aliphatic hydroxyl groups is 1. The van der Waals surface area contributed by atoms with Gasteiger partial charge < -0.3 is 5.11 Å². The lowest BCUT2D eigenvalue weighted by molar-refractivity contribution is -0.0595. The van der Waals surface area contributed by atoms with E-state index in [1.807, 2.05) is 13.1 Å². The van der Waals surface area contributed by atoms with Crippen molar-refractivity contribution in [2.45, 2.75) is 56.8 Å². The van der Waals surface area contributed by atoms with Crippen LogP contribution in [-0.4, -0.2) is 31.9 Å². The highest BCUT2D eigenvalue weighted by molar-refractivity contribution is 5.27. The molecule has 2 fully saturated rings. The summed E-state index contributed by atoms with van der Waals surface area (Å²) in [7, 11) is 0. The van der Waals surface area contributed by atoms with Crippen molar-refractivity contribution < 1.29 is 9.50 Å².